The Bertz CT molecular complexity index is 1000. The zero-order valence-electron chi connectivity index (χ0n) is 28.1. The number of aromatic nitrogens is 1. The predicted octanol–water partition coefficient (Wildman–Crippen LogP) is 11.2. The molecule has 3 nitrogen and oxygen atoms in total. The van der Waals surface area contributed by atoms with Crippen molar-refractivity contribution in [2.24, 2.45) is 11.7 Å². The van der Waals surface area contributed by atoms with E-state index in [1.807, 2.05) is 46.9 Å². The van der Waals surface area contributed by atoms with Gasteiger partial charge in [0.15, 0.2) is 0 Å². The molecule has 1 aromatic carbocycles. The van der Waals surface area contributed by atoms with Gasteiger partial charge in [-0.3, -0.25) is 9.88 Å². The number of rotatable bonds is 11. The maximum Gasteiger partial charge on any atom is 0.416 e. The van der Waals surface area contributed by atoms with Crippen molar-refractivity contribution in [2.75, 3.05) is 13.6 Å². The van der Waals surface area contributed by atoms with Crippen LogP contribution in [0, 0.1) is 5.92 Å². The summed E-state index contributed by atoms with van der Waals surface area (Å²) in [6.45, 7) is 17.6. The molecule has 0 radical (unpaired) electrons. The Labute approximate surface area is 256 Å². The molecule has 42 heavy (non-hydrogen) atoms. The van der Waals surface area contributed by atoms with Gasteiger partial charge in [0.25, 0.3) is 0 Å². The minimum atomic E-state index is -4.35. The van der Waals surface area contributed by atoms with Crippen molar-refractivity contribution in [2.45, 2.75) is 132 Å². The smallest absolute Gasteiger partial charge is 0.398 e. The van der Waals surface area contributed by atoms with Crippen LogP contribution < -0.4 is 5.73 Å². The van der Waals surface area contributed by atoms with Gasteiger partial charge in [-0.1, -0.05) is 113 Å². The van der Waals surface area contributed by atoms with E-state index in [0.29, 0.717) is 18.7 Å². The number of fused-ring (bicyclic) bond motifs is 1. The first-order valence-electron chi connectivity index (χ1n) is 16.4. The fraction of sp³-hybridized carbons (Fsp3) is 0.639. The molecule has 0 spiro atoms. The topological polar surface area (TPSA) is 42.1 Å². The van der Waals surface area contributed by atoms with Gasteiger partial charge < -0.3 is 5.73 Å². The van der Waals surface area contributed by atoms with Crippen LogP contribution in [0.25, 0.3) is 5.70 Å². The van der Waals surface area contributed by atoms with Crippen LogP contribution in [0.15, 0.2) is 42.7 Å². The van der Waals surface area contributed by atoms with E-state index in [-0.39, 0.29) is 6.04 Å². The Morgan fingerprint density at radius 1 is 0.929 bits per heavy atom. The molecule has 1 aliphatic heterocycles. The Morgan fingerprint density at radius 2 is 1.57 bits per heavy atom. The molecular formula is C36H60F3N3. The van der Waals surface area contributed by atoms with Gasteiger partial charge in [-0.05, 0) is 66.8 Å². The number of hydrogen-bond donors (Lipinski definition) is 1. The highest BCUT2D eigenvalue weighted by molar-refractivity contribution is 5.67. The summed E-state index contributed by atoms with van der Waals surface area (Å²) >= 11 is 0. The molecule has 0 saturated carbocycles. The quantitative estimate of drug-likeness (QED) is 0.264. The first kappa shape index (κ1) is 39.7. The molecule has 1 aromatic heterocycles. The highest BCUT2D eigenvalue weighted by Gasteiger charge is 2.33. The van der Waals surface area contributed by atoms with Crippen molar-refractivity contribution in [3.05, 3.63) is 70.6 Å². The molecule has 240 valence electrons. The van der Waals surface area contributed by atoms with Crippen molar-refractivity contribution < 1.29 is 13.2 Å². The molecule has 0 aliphatic carbocycles. The van der Waals surface area contributed by atoms with Crippen LogP contribution in [-0.2, 0) is 12.6 Å². The molecule has 2 aromatic rings. The average Bonchev–Trinajstić information content (AvgIpc) is 3.13. The third kappa shape index (κ3) is 13.3. The summed E-state index contributed by atoms with van der Waals surface area (Å²) in [7, 11) is 1.97. The Balaban J connectivity index is 0.00000101. The summed E-state index contributed by atoms with van der Waals surface area (Å²) in [5.41, 5.74) is 9.74. The maximum atomic E-state index is 13.3. The number of alkyl halides is 3. The minimum absolute atomic E-state index is 0.172. The standard InChI is InChI=1S/C22H26F3N3.C10H22.2C2H6/c1-3-4-5-6-15-13-16(22(23,24)25)7-8-17(15)21-18-9-11-27-14-19(18)20(26)10-12-28(21)2;1-4-6-7-8-9-10(3)5-2;2*1-2/h7-11,13-14,21H,3-6,12,26H2,1-2H3;10H,4-9H2,1-3H3;2*1-2H3. The van der Waals surface area contributed by atoms with E-state index < -0.39 is 11.7 Å². The summed E-state index contributed by atoms with van der Waals surface area (Å²) in [6, 6.07) is 5.89. The second-order valence-electron chi connectivity index (χ2n) is 10.7. The number of pyridine rings is 1. The second kappa shape index (κ2) is 22.2. The number of nitrogens with two attached hydrogens (primary N) is 1. The lowest BCUT2D eigenvalue weighted by Crippen LogP contribution is -2.26. The van der Waals surface area contributed by atoms with Gasteiger partial charge >= 0.3 is 6.18 Å². The van der Waals surface area contributed by atoms with E-state index in [1.165, 1.54) is 50.7 Å². The minimum Gasteiger partial charge on any atom is -0.398 e. The lowest BCUT2D eigenvalue weighted by atomic mass is 9.88. The summed E-state index contributed by atoms with van der Waals surface area (Å²) in [5, 5.41) is 0. The zero-order chi connectivity index (χ0) is 32.1. The summed E-state index contributed by atoms with van der Waals surface area (Å²) in [6.07, 6.45) is 13.0. The van der Waals surface area contributed by atoms with E-state index in [1.54, 1.807) is 18.5 Å². The molecule has 2 unspecified atom stereocenters. The number of likely N-dealkylation sites (N-methyl/N-ethyl adjacent to an activating group) is 1. The van der Waals surface area contributed by atoms with Gasteiger partial charge in [0.2, 0.25) is 0 Å². The summed E-state index contributed by atoms with van der Waals surface area (Å²) in [5.74, 6) is 0.955. The number of aryl methyl sites for hydroxylation is 1. The fourth-order valence-corrected chi connectivity index (χ4v) is 4.94. The lowest BCUT2D eigenvalue weighted by Gasteiger charge is -2.30. The highest BCUT2D eigenvalue weighted by Crippen LogP contribution is 2.38. The number of unbranched alkanes of at least 4 members (excludes halogenated alkanes) is 5. The molecule has 2 atom stereocenters. The maximum absolute atomic E-state index is 13.3. The number of halogens is 3. The molecule has 2 N–H and O–H groups in total. The Kier molecular flexibility index (Phi) is 21.0. The van der Waals surface area contributed by atoms with Crippen molar-refractivity contribution >= 4 is 5.70 Å². The SMILES string of the molecule is CC.CC.CCCCCCC(C)CC.CCCCCc1cc(C(F)(F)F)ccc1C1c2ccncc2C(N)=CCN1C. The summed E-state index contributed by atoms with van der Waals surface area (Å²) in [4.78, 5) is 6.30. The average molecular weight is 592 g/mol. The van der Waals surface area contributed by atoms with Crippen molar-refractivity contribution in [3.63, 3.8) is 0 Å². The van der Waals surface area contributed by atoms with Crippen molar-refractivity contribution in [1.82, 2.24) is 9.88 Å². The van der Waals surface area contributed by atoms with E-state index in [9.17, 15) is 13.2 Å². The molecule has 3 rings (SSSR count). The third-order valence-corrected chi connectivity index (χ3v) is 7.56. The lowest BCUT2D eigenvalue weighted by molar-refractivity contribution is -0.137. The Hall–Kier alpha value is -2.34. The van der Waals surface area contributed by atoms with Gasteiger partial charge in [0.05, 0.1) is 11.6 Å². The first-order valence-corrected chi connectivity index (χ1v) is 16.4. The molecule has 0 amide bonds. The van der Waals surface area contributed by atoms with Crippen LogP contribution in [-0.4, -0.2) is 23.5 Å². The van der Waals surface area contributed by atoms with Gasteiger partial charge in [-0.2, -0.15) is 13.2 Å². The van der Waals surface area contributed by atoms with E-state index in [0.717, 1.165) is 47.4 Å². The van der Waals surface area contributed by atoms with Gasteiger partial charge in [-0.15, -0.1) is 0 Å². The van der Waals surface area contributed by atoms with Crippen LogP contribution in [0.5, 0.6) is 0 Å². The van der Waals surface area contributed by atoms with Crippen LogP contribution in [0.2, 0.25) is 0 Å². The number of hydrogen-bond acceptors (Lipinski definition) is 3. The van der Waals surface area contributed by atoms with Crippen molar-refractivity contribution in [1.29, 1.82) is 0 Å². The molecule has 0 saturated heterocycles. The van der Waals surface area contributed by atoms with E-state index in [4.69, 9.17) is 5.73 Å². The van der Waals surface area contributed by atoms with Crippen LogP contribution in [0.4, 0.5) is 13.2 Å². The fourth-order valence-electron chi connectivity index (χ4n) is 4.94. The Morgan fingerprint density at radius 3 is 2.17 bits per heavy atom. The normalized spacial score (nSPS) is 15.3. The molecule has 0 fully saturated rings. The van der Waals surface area contributed by atoms with Gasteiger partial charge in [-0.25, -0.2) is 0 Å². The van der Waals surface area contributed by atoms with E-state index in [2.05, 4.69) is 37.6 Å². The van der Waals surface area contributed by atoms with Gasteiger partial charge in [0, 0.05) is 30.2 Å². The van der Waals surface area contributed by atoms with Crippen LogP contribution in [0.3, 0.4) is 0 Å². The predicted molar refractivity (Wildman–Crippen MR) is 176 cm³/mol. The monoisotopic (exact) mass is 591 g/mol. The third-order valence-electron chi connectivity index (χ3n) is 7.56. The molecule has 0 bridgehead atoms. The largest absolute Gasteiger partial charge is 0.416 e. The second-order valence-corrected chi connectivity index (χ2v) is 10.7. The van der Waals surface area contributed by atoms with Crippen molar-refractivity contribution in [3.8, 4) is 0 Å². The summed E-state index contributed by atoms with van der Waals surface area (Å²) < 4.78 is 40.0. The number of benzene rings is 1. The number of nitrogens with zero attached hydrogens (tertiary/aromatic N) is 2. The molecular weight excluding hydrogens is 531 g/mol. The highest BCUT2D eigenvalue weighted by atomic mass is 19.4. The zero-order valence-corrected chi connectivity index (χ0v) is 28.1. The van der Waals surface area contributed by atoms with Crippen LogP contribution >= 0.6 is 0 Å². The van der Waals surface area contributed by atoms with Crippen LogP contribution in [0.1, 0.15) is 147 Å². The molecule has 6 heteroatoms. The molecule has 1 aliphatic rings. The first-order chi connectivity index (χ1) is 20.1. The van der Waals surface area contributed by atoms with E-state index >= 15 is 0 Å². The molecule has 2 heterocycles. The van der Waals surface area contributed by atoms with Gasteiger partial charge in [0.1, 0.15) is 0 Å².